The van der Waals surface area contributed by atoms with E-state index in [4.69, 9.17) is 5.73 Å². The van der Waals surface area contributed by atoms with E-state index in [1.54, 1.807) is 17.4 Å². The molecule has 0 aliphatic rings. The Hall–Kier alpha value is -1.14. The van der Waals surface area contributed by atoms with E-state index >= 15 is 0 Å². The SMILES string of the molecule is Nc1cc(Br)nc(Nc2ccsc2)n1. The van der Waals surface area contributed by atoms with Crippen LogP contribution in [0.3, 0.4) is 0 Å². The average molecular weight is 271 g/mol. The third kappa shape index (κ3) is 2.21. The van der Waals surface area contributed by atoms with Crippen molar-refractivity contribution in [3.63, 3.8) is 0 Å². The average Bonchev–Trinajstić information content (AvgIpc) is 2.54. The largest absolute Gasteiger partial charge is 0.383 e. The molecule has 0 aliphatic heterocycles. The number of hydrogen-bond acceptors (Lipinski definition) is 5. The van der Waals surface area contributed by atoms with Crippen LogP contribution < -0.4 is 11.1 Å². The van der Waals surface area contributed by atoms with Crippen LogP contribution in [0.15, 0.2) is 27.5 Å². The summed E-state index contributed by atoms with van der Waals surface area (Å²) in [6.07, 6.45) is 0. The molecule has 3 N–H and O–H groups in total. The minimum atomic E-state index is 0.435. The number of nitrogens with one attached hydrogen (secondary N) is 1. The van der Waals surface area contributed by atoms with Gasteiger partial charge in [0.05, 0.1) is 5.69 Å². The molecule has 2 aromatic rings. The molecule has 72 valence electrons. The Bertz CT molecular complexity index is 409. The Morgan fingerprint density at radius 3 is 2.93 bits per heavy atom. The summed E-state index contributed by atoms with van der Waals surface area (Å²) in [6, 6.07) is 3.60. The van der Waals surface area contributed by atoms with Crippen LogP contribution >= 0.6 is 27.3 Å². The Balaban J connectivity index is 2.25. The highest BCUT2D eigenvalue weighted by Crippen LogP contribution is 2.18. The molecule has 4 nitrogen and oxygen atoms in total. The van der Waals surface area contributed by atoms with Crippen molar-refractivity contribution in [1.82, 2.24) is 9.97 Å². The molecule has 2 aromatic heterocycles. The van der Waals surface area contributed by atoms with Crippen LogP contribution in [0, 0.1) is 0 Å². The zero-order valence-corrected chi connectivity index (χ0v) is 9.47. The summed E-state index contributed by atoms with van der Waals surface area (Å²) in [5.41, 5.74) is 6.54. The summed E-state index contributed by atoms with van der Waals surface area (Å²) in [6.45, 7) is 0. The molecule has 0 atom stereocenters. The fourth-order valence-electron chi connectivity index (χ4n) is 0.956. The molecule has 0 aromatic carbocycles. The fourth-order valence-corrected chi connectivity index (χ4v) is 1.95. The first-order valence-corrected chi connectivity index (χ1v) is 5.57. The minimum Gasteiger partial charge on any atom is -0.383 e. The van der Waals surface area contributed by atoms with Gasteiger partial charge in [0.2, 0.25) is 5.95 Å². The molecular weight excluding hydrogens is 264 g/mol. The highest BCUT2D eigenvalue weighted by molar-refractivity contribution is 9.10. The standard InChI is InChI=1S/C8H7BrN4S/c9-6-3-7(10)13-8(12-6)11-5-1-2-14-4-5/h1-4H,(H3,10,11,12,13). The monoisotopic (exact) mass is 270 g/mol. The van der Waals surface area contributed by atoms with Crippen LogP contribution in [-0.2, 0) is 0 Å². The topological polar surface area (TPSA) is 63.8 Å². The van der Waals surface area contributed by atoms with Crippen molar-refractivity contribution < 1.29 is 0 Å². The second kappa shape index (κ2) is 3.93. The van der Waals surface area contributed by atoms with Crippen molar-refractivity contribution in [2.45, 2.75) is 0 Å². The van der Waals surface area contributed by atoms with Crippen molar-refractivity contribution in [3.8, 4) is 0 Å². The molecule has 2 rings (SSSR count). The zero-order valence-electron chi connectivity index (χ0n) is 7.07. The molecule has 0 radical (unpaired) electrons. The smallest absolute Gasteiger partial charge is 0.230 e. The predicted octanol–water partition coefficient (Wildman–Crippen LogP) is 2.63. The molecule has 0 bridgehead atoms. The van der Waals surface area contributed by atoms with Crippen molar-refractivity contribution in [2.24, 2.45) is 0 Å². The zero-order chi connectivity index (χ0) is 9.97. The number of nitrogens with two attached hydrogens (primary N) is 1. The Kier molecular flexibility index (Phi) is 2.64. The predicted molar refractivity (Wildman–Crippen MR) is 61.7 cm³/mol. The van der Waals surface area contributed by atoms with Gasteiger partial charge in [-0.25, -0.2) is 4.98 Å². The van der Waals surface area contributed by atoms with Gasteiger partial charge in [0.15, 0.2) is 0 Å². The summed E-state index contributed by atoms with van der Waals surface area (Å²) >= 11 is 4.85. The fraction of sp³-hybridized carbons (Fsp3) is 0. The summed E-state index contributed by atoms with van der Waals surface area (Å²) in [5.74, 6) is 0.930. The Labute approximate surface area is 93.3 Å². The van der Waals surface area contributed by atoms with Gasteiger partial charge < -0.3 is 11.1 Å². The van der Waals surface area contributed by atoms with Gasteiger partial charge in [-0.2, -0.15) is 16.3 Å². The molecule has 0 fully saturated rings. The number of halogens is 1. The number of nitrogen functional groups attached to an aromatic ring is 1. The second-order valence-electron chi connectivity index (χ2n) is 2.58. The van der Waals surface area contributed by atoms with Crippen molar-refractivity contribution in [2.75, 3.05) is 11.1 Å². The summed E-state index contributed by atoms with van der Waals surface area (Å²) < 4.78 is 0.669. The van der Waals surface area contributed by atoms with E-state index in [-0.39, 0.29) is 0 Å². The Morgan fingerprint density at radius 1 is 1.43 bits per heavy atom. The number of nitrogens with zero attached hydrogens (tertiary/aromatic N) is 2. The minimum absolute atomic E-state index is 0.435. The van der Waals surface area contributed by atoms with E-state index in [1.807, 2.05) is 16.8 Å². The van der Waals surface area contributed by atoms with Gasteiger partial charge in [-0.05, 0) is 27.4 Å². The summed E-state index contributed by atoms with van der Waals surface area (Å²) in [7, 11) is 0. The van der Waals surface area contributed by atoms with Gasteiger partial charge in [0, 0.05) is 11.4 Å². The van der Waals surface area contributed by atoms with Gasteiger partial charge in [0.25, 0.3) is 0 Å². The van der Waals surface area contributed by atoms with Crippen LogP contribution in [0.1, 0.15) is 0 Å². The van der Waals surface area contributed by atoms with Gasteiger partial charge in [-0.1, -0.05) is 0 Å². The van der Waals surface area contributed by atoms with Gasteiger partial charge in [0.1, 0.15) is 10.4 Å². The third-order valence-corrected chi connectivity index (χ3v) is 2.58. The number of rotatable bonds is 2. The second-order valence-corrected chi connectivity index (χ2v) is 4.17. The van der Waals surface area contributed by atoms with Crippen molar-refractivity contribution in [1.29, 1.82) is 0 Å². The first-order valence-electron chi connectivity index (χ1n) is 3.83. The Morgan fingerprint density at radius 2 is 2.29 bits per heavy atom. The first-order chi connectivity index (χ1) is 6.74. The molecule has 0 spiro atoms. The lowest BCUT2D eigenvalue weighted by Gasteiger charge is -2.02. The number of anilines is 3. The summed E-state index contributed by atoms with van der Waals surface area (Å²) in [5, 5.41) is 6.99. The lowest BCUT2D eigenvalue weighted by atomic mass is 10.5. The molecule has 6 heteroatoms. The quantitative estimate of drug-likeness (QED) is 0.824. The normalized spacial score (nSPS) is 10.1. The lowest BCUT2D eigenvalue weighted by Crippen LogP contribution is -1.99. The van der Waals surface area contributed by atoms with Gasteiger partial charge in [-0.3, -0.25) is 0 Å². The van der Waals surface area contributed by atoms with Crippen molar-refractivity contribution in [3.05, 3.63) is 27.5 Å². The molecule has 2 heterocycles. The van der Waals surface area contributed by atoms with Crippen LogP contribution in [0.25, 0.3) is 0 Å². The lowest BCUT2D eigenvalue weighted by molar-refractivity contribution is 1.15. The molecule has 14 heavy (non-hydrogen) atoms. The maximum absolute atomic E-state index is 5.57. The van der Waals surface area contributed by atoms with Crippen LogP contribution in [0.4, 0.5) is 17.5 Å². The van der Waals surface area contributed by atoms with Gasteiger partial charge in [-0.15, -0.1) is 0 Å². The van der Waals surface area contributed by atoms with Gasteiger partial charge >= 0.3 is 0 Å². The molecule has 0 saturated heterocycles. The van der Waals surface area contributed by atoms with E-state index in [0.717, 1.165) is 5.69 Å². The number of aromatic nitrogens is 2. The van der Waals surface area contributed by atoms with E-state index < -0.39 is 0 Å². The third-order valence-electron chi connectivity index (χ3n) is 1.49. The van der Waals surface area contributed by atoms with E-state index in [9.17, 15) is 0 Å². The highest BCUT2D eigenvalue weighted by Gasteiger charge is 2.00. The molecule has 0 aliphatic carbocycles. The van der Waals surface area contributed by atoms with E-state index in [2.05, 4.69) is 31.2 Å². The van der Waals surface area contributed by atoms with E-state index in [1.165, 1.54) is 0 Å². The molecule has 0 unspecified atom stereocenters. The molecule has 0 amide bonds. The van der Waals surface area contributed by atoms with E-state index in [0.29, 0.717) is 16.4 Å². The van der Waals surface area contributed by atoms with Crippen molar-refractivity contribution >= 4 is 44.7 Å². The highest BCUT2D eigenvalue weighted by atomic mass is 79.9. The maximum atomic E-state index is 5.57. The van der Waals surface area contributed by atoms with Crippen LogP contribution in [-0.4, -0.2) is 9.97 Å². The van der Waals surface area contributed by atoms with Crippen LogP contribution in [0.5, 0.6) is 0 Å². The molecular formula is C8H7BrN4S. The molecule has 0 saturated carbocycles. The summed E-state index contributed by atoms with van der Waals surface area (Å²) in [4.78, 5) is 8.17. The maximum Gasteiger partial charge on any atom is 0.230 e. The van der Waals surface area contributed by atoms with Crippen LogP contribution in [0.2, 0.25) is 0 Å². The number of thiophene rings is 1. The number of hydrogen-bond donors (Lipinski definition) is 2. The first kappa shape index (κ1) is 9.42.